The highest BCUT2D eigenvalue weighted by Gasteiger charge is 2.13. The van der Waals surface area contributed by atoms with Gasteiger partial charge in [0.25, 0.3) is 5.56 Å². The first-order valence-corrected chi connectivity index (χ1v) is 6.99. The first-order valence-electron chi connectivity index (χ1n) is 6.17. The molecule has 3 rings (SSSR count). The van der Waals surface area contributed by atoms with Crippen molar-refractivity contribution >= 4 is 32.2 Å². The minimum atomic E-state index is -0.408. The second-order valence-corrected chi connectivity index (χ2v) is 5.57. The number of nitrogens with two attached hydrogens (primary N) is 1. The van der Waals surface area contributed by atoms with Gasteiger partial charge in [-0.15, -0.1) is 11.3 Å². The van der Waals surface area contributed by atoms with E-state index < -0.39 is 5.56 Å². The maximum atomic E-state index is 12.8. The molecule has 0 fully saturated rings. The predicted molar refractivity (Wildman–Crippen MR) is 82.2 cm³/mol. The highest BCUT2D eigenvalue weighted by atomic mass is 32.1. The SMILES string of the molecule is Nc1c(NCc2ccc(F)cc2)sc2c(O)cc(=O)[nH]c12. The largest absolute Gasteiger partial charge is 0.506 e. The number of benzene rings is 1. The van der Waals surface area contributed by atoms with Crippen LogP contribution in [0.25, 0.3) is 10.2 Å². The van der Waals surface area contributed by atoms with Gasteiger partial charge in [0.1, 0.15) is 16.6 Å². The molecule has 0 aliphatic rings. The lowest BCUT2D eigenvalue weighted by atomic mass is 10.2. The van der Waals surface area contributed by atoms with Crippen LogP contribution >= 0.6 is 11.3 Å². The van der Waals surface area contributed by atoms with E-state index in [2.05, 4.69) is 10.3 Å². The van der Waals surface area contributed by atoms with E-state index in [0.29, 0.717) is 27.4 Å². The maximum absolute atomic E-state index is 12.8. The van der Waals surface area contributed by atoms with Crippen molar-refractivity contribution in [1.29, 1.82) is 0 Å². The third-order valence-corrected chi connectivity index (χ3v) is 4.25. The Morgan fingerprint density at radius 3 is 2.76 bits per heavy atom. The standard InChI is InChI=1S/C14H12FN3O2S/c15-8-3-1-7(2-4-8)6-17-14-11(16)12-13(21-14)9(19)5-10(20)18-12/h1-5,17H,6,16H2,(H2,18,19,20). The van der Waals surface area contributed by atoms with Gasteiger partial charge < -0.3 is 21.1 Å². The number of H-pyrrole nitrogens is 1. The van der Waals surface area contributed by atoms with Crippen molar-refractivity contribution in [2.45, 2.75) is 6.54 Å². The van der Waals surface area contributed by atoms with Crippen LogP contribution in [0.3, 0.4) is 0 Å². The smallest absolute Gasteiger partial charge is 0.252 e. The van der Waals surface area contributed by atoms with Gasteiger partial charge in [0.05, 0.1) is 15.9 Å². The molecule has 2 heterocycles. The van der Waals surface area contributed by atoms with E-state index in [4.69, 9.17) is 5.73 Å². The summed E-state index contributed by atoms with van der Waals surface area (Å²) in [5.41, 5.74) is 7.26. The van der Waals surface area contributed by atoms with Crippen LogP contribution in [0.4, 0.5) is 15.1 Å². The van der Waals surface area contributed by atoms with E-state index in [0.717, 1.165) is 11.6 Å². The molecule has 0 spiro atoms. The fraction of sp³-hybridized carbons (Fsp3) is 0.0714. The molecule has 7 heteroatoms. The van der Waals surface area contributed by atoms with Gasteiger partial charge in [0.15, 0.2) is 0 Å². The van der Waals surface area contributed by atoms with Gasteiger partial charge in [0, 0.05) is 12.6 Å². The first-order chi connectivity index (χ1) is 10.0. The topological polar surface area (TPSA) is 91.1 Å². The van der Waals surface area contributed by atoms with Gasteiger partial charge in [-0.05, 0) is 17.7 Å². The van der Waals surface area contributed by atoms with Crippen molar-refractivity contribution in [2.24, 2.45) is 0 Å². The average Bonchev–Trinajstić information content (AvgIpc) is 2.76. The van der Waals surface area contributed by atoms with E-state index in [9.17, 15) is 14.3 Å². The van der Waals surface area contributed by atoms with Crippen LogP contribution in [0.1, 0.15) is 5.56 Å². The number of aromatic hydroxyl groups is 1. The predicted octanol–water partition coefficient (Wildman–Crippen LogP) is 2.63. The summed E-state index contributed by atoms with van der Waals surface area (Å²) in [4.78, 5) is 14.0. The van der Waals surface area contributed by atoms with Crippen molar-refractivity contribution in [3.05, 3.63) is 52.1 Å². The summed E-state index contributed by atoms with van der Waals surface area (Å²) >= 11 is 1.25. The number of aromatic amines is 1. The summed E-state index contributed by atoms with van der Waals surface area (Å²) in [5.74, 6) is -0.386. The minimum absolute atomic E-state index is 0.0970. The van der Waals surface area contributed by atoms with Crippen LogP contribution in [0, 0.1) is 5.82 Å². The molecule has 2 aromatic heterocycles. The van der Waals surface area contributed by atoms with Crippen LogP contribution in [0.2, 0.25) is 0 Å². The number of thiophene rings is 1. The van der Waals surface area contributed by atoms with Crippen molar-refractivity contribution < 1.29 is 9.50 Å². The summed E-state index contributed by atoms with van der Waals surface area (Å²) in [7, 11) is 0. The number of halogens is 1. The molecular formula is C14H12FN3O2S. The number of anilines is 2. The van der Waals surface area contributed by atoms with E-state index in [1.54, 1.807) is 12.1 Å². The Balaban J connectivity index is 1.91. The molecular weight excluding hydrogens is 293 g/mol. The van der Waals surface area contributed by atoms with Crippen molar-refractivity contribution in [3.8, 4) is 5.75 Å². The Bertz CT molecular complexity index is 855. The van der Waals surface area contributed by atoms with Gasteiger partial charge >= 0.3 is 0 Å². The molecule has 0 unspecified atom stereocenters. The molecule has 0 amide bonds. The molecule has 0 aliphatic heterocycles. The zero-order valence-electron chi connectivity index (χ0n) is 10.8. The molecule has 0 radical (unpaired) electrons. The van der Waals surface area contributed by atoms with E-state index in [1.807, 2.05) is 0 Å². The van der Waals surface area contributed by atoms with E-state index in [-0.39, 0.29) is 11.6 Å². The van der Waals surface area contributed by atoms with Gasteiger partial charge in [-0.1, -0.05) is 12.1 Å². The highest BCUT2D eigenvalue weighted by molar-refractivity contribution is 7.24. The van der Waals surface area contributed by atoms with Crippen LogP contribution in [0.5, 0.6) is 5.75 Å². The van der Waals surface area contributed by atoms with Gasteiger partial charge in [0.2, 0.25) is 0 Å². The molecule has 0 aliphatic carbocycles. The number of hydrogen-bond acceptors (Lipinski definition) is 5. The van der Waals surface area contributed by atoms with Crippen molar-refractivity contribution in [1.82, 2.24) is 4.98 Å². The number of fused-ring (bicyclic) bond motifs is 1. The van der Waals surface area contributed by atoms with Crippen molar-refractivity contribution in [2.75, 3.05) is 11.1 Å². The Hall–Kier alpha value is -2.54. The van der Waals surface area contributed by atoms with Crippen LogP contribution in [-0.2, 0) is 6.54 Å². The molecule has 0 atom stereocenters. The minimum Gasteiger partial charge on any atom is -0.506 e. The third kappa shape index (κ3) is 2.55. The summed E-state index contributed by atoms with van der Waals surface area (Å²) in [6, 6.07) is 7.22. The summed E-state index contributed by atoms with van der Waals surface area (Å²) in [6.45, 7) is 0.461. The fourth-order valence-corrected chi connectivity index (χ4v) is 3.00. The Kier molecular flexibility index (Phi) is 3.26. The molecule has 5 N–H and O–H groups in total. The monoisotopic (exact) mass is 305 g/mol. The lowest BCUT2D eigenvalue weighted by Gasteiger charge is -2.04. The van der Waals surface area contributed by atoms with Crippen molar-refractivity contribution in [3.63, 3.8) is 0 Å². The summed E-state index contributed by atoms with van der Waals surface area (Å²) in [5, 5.41) is 13.5. The lowest BCUT2D eigenvalue weighted by molar-refractivity contribution is 0.481. The van der Waals surface area contributed by atoms with E-state index >= 15 is 0 Å². The molecule has 0 saturated carbocycles. The highest BCUT2D eigenvalue weighted by Crippen LogP contribution is 2.40. The normalized spacial score (nSPS) is 10.9. The fourth-order valence-electron chi connectivity index (χ4n) is 2.01. The molecule has 5 nitrogen and oxygen atoms in total. The lowest BCUT2D eigenvalue weighted by Crippen LogP contribution is -2.04. The second-order valence-electron chi connectivity index (χ2n) is 4.55. The van der Waals surface area contributed by atoms with E-state index in [1.165, 1.54) is 23.5 Å². The number of rotatable bonds is 3. The zero-order chi connectivity index (χ0) is 15.0. The quantitative estimate of drug-likeness (QED) is 0.598. The molecule has 1 aromatic carbocycles. The third-order valence-electron chi connectivity index (χ3n) is 3.06. The summed E-state index contributed by atoms with van der Waals surface area (Å²) < 4.78 is 13.4. The molecule has 108 valence electrons. The van der Waals surface area contributed by atoms with Crippen LogP contribution < -0.4 is 16.6 Å². The molecule has 3 aromatic rings. The Labute approximate surface area is 122 Å². The second kappa shape index (κ2) is 5.10. The number of aromatic nitrogens is 1. The van der Waals surface area contributed by atoms with Crippen LogP contribution in [-0.4, -0.2) is 10.1 Å². The van der Waals surface area contributed by atoms with Gasteiger partial charge in [-0.25, -0.2) is 4.39 Å². The summed E-state index contributed by atoms with van der Waals surface area (Å²) in [6.07, 6.45) is 0. The first kappa shape index (κ1) is 13.4. The van der Waals surface area contributed by atoms with Gasteiger partial charge in [-0.3, -0.25) is 4.79 Å². The number of nitrogens with one attached hydrogen (secondary N) is 2. The number of hydrogen-bond donors (Lipinski definition) is 4. The molecule has 0 bridgehead atoms. The maximum Gasteiger partial charge on any atom is 0.252 e. The molecule has 21 heavy (non-hydrogen) atoms. The zero-order valence-corrected chi connectivity index (χ0v) is 11.6. The van der Waals surface area contributed by atoms with Gasteiger partial charge in [-0.2, -0.15) is 0 Å². The Morgan fingerprint density at radius 2 is 2.05 bits per heavy atom. The number of nitrogen functional groups attached to an aromatic ring is 1. The Morgan fingerprint density at radius 1 is 1.33 bits per heavy atom. The molecule has 0 saturated heterocycles. The van der Waals surface area contributed by atoms with Crippen LogP contribution in [0.15, 0.2) is 35.1 Å². The average molecular weight is 305 g/mol. The number of pyridine rings is 1.